The molecule has 0 radical (unpaired) electrons. The molecule has 6 nitrogen and oxygen atoms in total. The first kappa shape index (κ1) is 20.3. The minimum absolute atomic E-state index is 0.0413. The highest BCUT2D eigenvalue weighted by atomic mass is 32.2. The van der Waals surface area contributed by atoms with Crippen molar-refractivity contribution in [3.05, 3.63) is 23.8 Å². The Bertz CT molecular complexity index is 856. The highest BCUT2D eigenvalue weighted by Crippen LogP contribution is 2.38. The number of carbonyl (C=O) groups is 1. The van der Waals surface area contributed by atoms with Gasteiger partial charge in [-0.2, -0.15) is 0 Å². The Labute approximate surface area is 162 Å². The van der Waals surface area contributed by atoms with Crippen molar-refractivity contribution in [2.45, 2.75) is 88.2 Å². The van der Waals surface area contributed by atoms with Crippen LogP contribution in [-0.2, 0) is 20.2 Å². The molecule has 2 heterocycles. The first-order valence-corrected chi connectivity index (χ1v) is 10.9. The number of sulfonamides is 1. The number of hydrogen-bond donors (Lipinski definition) is 3. The van der Waals surface area contributed by atoms with Crippen LogP contribution >= 0.6 is 0 Å². The van der Waals surface area contributed by atoms with Gasteiger partial charge in [0.25, 0.3) is 0 Å². The Kier molecular flexibility index (Phi) is 4.73. The Balaban J connectivity index is 1.89. The van der Waals surface area contributed by atoms with Crippen LogP contribution < -0.4 is 15.4 Å². The average molecular weight is 394 g/mol. The number of hydrogen-bond acceptors (Lipinski definition) is 4. The maximum atomic E-state index is 13.1. The van der Waals surface area contributed by atoms with Crippen molar-refractivity contribution in [1.82, 2.24) is 10.0 Å². The van der Waals surface area contributed by atoms with E-state index in [-0.39, 0.29) is 27.9 Å². The lowest BCUT2D eigenvalue weighted by Gasteiger charge is -2.46. The zero-order valence-corrected chi connectivity index (χ0v) is 17.9. The maximum absolute atomic E-state index is 13.1. The van der Waals surface area contributed by atoms with E-state index in [0.717, 1.165) is 18.4 Å². The minimum Gasteiger partial charge on any atom is -0.326 e. The molecule has 0 aliphatic carbocycles. The first-order chi connectivity index (χ1) is 12.2. The predicted molar refractivity (Wildman–Crippen MR) is 107 cm³/mol. The Morgan fingerprint density at radius 2 is 1.63 bits per heavy atom. The van der Waals surface area contributed by atoms with E-state index in [1.54, 1.807) is 18.2 Å². The van der Waals surface area contributed by atoms with Crippen LogP contribution in [0, 0.1) is 0 Å². The van der Waals surface area contributed by atoms with Crippen molar-refractivity contribution in [1.29, 1.82) is 0 Å². The Morgan fingerprint density at radius 3 is 2.22 bits per heavy atom. The molecule has 3 rings (SSSR count). The SMILES string of the molecule is CC1(C)CC(NS(=O)(=O)c2ccc3c(c2)C(C)(C)CC(=O)N3)CC(C)(C)N1. The molecule has 27 heavy (non-hydrogen) atoms. The van der Waals surface area contributed by atoms with Gasteiger partial charge >= 0.3 is 0 Å². The summed E-state index contributed by atoms with van der Waals surface area (Å²) in [6.07, 6.45) is 1.79. The zero-order valence-electron chi connectivity index (χ0n) is 17.1. The molecular formula is C20H31N3O3S. The van der Waals surface area contributed by atoms with E-state index < -0.39 is 15.4 Å². The van der Waals surface area contributed by atoms with Crippen LogP contribution in [0.15, 0.2) is 23.1 Å². The summed E-state index contributed by atoms with van der Waals surface area (Å²) >= 11 is 0. The summed E-state index contributed by atoms with van der Waals surface area (Å²) in [5.41, 5.74) is 0.867. The van der Waals surface area contributed by atoms with Gasteiger partial charge < -0.3 is 10.6 Å². The second-order valence-electron chi connectivity index (χ2n) is 9.94. The lowest BCUT2D eigenvalue weighted by molar-refractivity contribution is -0.117. The molecule has 1 fully saturated rings. The van der Waals surface area contributed by atoms with Gasteiger partial charge in [-0.05, 0) is 64.3 Å². The second kappa shape index (κ2) is 6.29. The number of rotatable bonds is 3. The van der Waals surface area contributed by atoms with Gasteiger partial charge in [0.1, 0.15) is 0 Å². The van der Waals surface area contributed by atoms with E-state index >= 15 is 0 Å². The number of nitrogens with one attached hydrogen (secondary N) is 3. The van der Waals surface area contributed by atoms with E-state index in [9.17, 15) is 13.2 Å². The summed E-state index contributed by atoms with van der Waals surface area (Å²) in [5.74, 6) is -0.0413. The van der Waals surface area contributed by atoms with Gasteiger partial charge in [0, 0.05) is 34.6 Å². The van der Waals surface area contributed by atoms with E-state index in [0.29, 0.717) is 12.1 Å². The fourth-order valence-electron chi connectivity index (χ4n) is 4.74. The fourth-order valence-corrected chi connectivity index (χ4v) is 6.01. The van der Waals surface area contributed by atoms with Crippen LogP contribution in [0.1, 0.15) is 66.4 Å². The molecule has 1 aromatic rings. The molecule has 0 bridgehead atoms. The first-order valence-electron chi connectivity index (χ1n) is 9.45. The van der Waals surface area contributed by atoms with E-state index in [1.807, 2.05) is 13.8 Å². The summed E-state index contributed by atoms with van der Waals surface area (Å²) in [4.78, 5) is 12.1. The normalized spacial score (nSPS) is 24.1. The van der Waals surface area contributed by atoms with Gasteiger partial charge in [-0.15, -0.1) is 0 Å². The molecule has 150 valence electrons. The molecular weight excluding hydrogens is 362 g/mol. The van der Waals surface area contributed by atoms with Crippen LogP contribution in [0.3, 0.4) is 0 Å². The zero-order chi connectivity index (χ0) is 20.3. The van der Waals surface area contributed by atoms with Crippen LogP contribution in [-0.4, -0.2) is 31.4 Å². The fraction of sp³-hybridized carbons (Fsp3) is 0.650. The van der Waals surface area contributed by atoms with Crippen LogP contribution in [0.2, 0.25) is 0 Å². The summed E-state index contributed by atoms with van der Waals surface area (Å²) < 4.78 is 29.0. The second-order valence-corrected chi connectivity index (χ2v) is 11.6. The van der Waals surface area contributed by atoms with Crippen LogP contribution in [0.25, 0.3) is 0 Å². The smallest absolute Gasteiger partial charge is 0.240 e. The minimum atomic E-state index is -3.65. The number of carbonyl (C=O) groups excluding carboxylic acids is 1. The summed E-state index contributed by atoms with van der Waals surface area (Å²) in [5, 5.41) is 6.40. The summed E-state index contributed by atoms with van der Waals surface area (Å²) in [6, 6.07) is 4.83. The lowest BCUT2D eigenvalue weighted by Crippen LogP contribution is -2.62. The van der Waals surface area contributed by atoms with Gasteiger partial charge in [-0.3, -0.25) is 4.79 Å². The van der Waals surface area contributed by atoms with Crippen LogP contribution in [0.4, 0.5) is 5.69 Å². The Hall–Kier alpha value is -1.44. The molecule has 0 saturated carbocycles. The van der Waals surface area contributed by atoms with Gasteiger partial charge in [0.15, 0.2) is 0 Å². The number of fused-ring (bicyclic) bond motifs is 1. The highest BCUT2D eigenvalue weighted by molar-refractivity contribution is 7.89. The molecule has 7 heteroatoms. The van der Waals surface area contributed by atoms with Crippen molar-refractivity contribution in [2.75, 3.05) is 5.32 Å². The highest BCUT2D eigenvalue weighted by Gasteiger charge is 2.39. The molecule has 2 aliphatic heterocycles. The molecule has 3 N–H and O–H groups in total. The maximum Gasteiger partial charge on any atom is 0.240 e. The predicted octanol–water partition coefficient (Wildman–Crippen LogP) is 2.89. The third-order valence-electron chi connectivity index (χ3n) is 5.42. The number of anilines is 1. The van der Waals surface area contributed by atoms with Gasteiger partial charge in [0.05, 0.1) is 4.90 Å². The lowest BCUT2D eigenvalue weighted by atomic mass is 9.78. The Morgan fingerprint density at radius 1 is 1.04 bits per heavy atom. The number of amides is 1. The summed E-state index contributed by atoms with van der Waals surface area (Å²) in [6.45, 7) is 12.3. The van der Waals surface area contributed by atoms with E-state index in [4.69, 9.17) is 0 Å². The largest absolute Gasteiger partial charge is 0.326 e. The van der Waals surface area contributed by atoms with Crippen molar-refractivity contribution in [3.8, 4) is 0 Å². The third-order valence-corrected chi connectivity index (χ3v) is 6.94. The topological polar surface area (TPSA) is 87.3 Å². The molecule has 0 aromatic heterocycles. The number of piperidine rings is 1. The third kappa shape index (κ3) is 4.36. The van der Waals surface area contributed by atoms with Crippen LogP contribution in [0.5, 0.6) is 0 Å². The number of benzene rings is 1. The van der Waals surface area contributed by atoms with Crippen molar-refractivity contribution >= 4 is 21.6 Å². The van der Waals surface area contributed by atoms with Gasteiger partial charge in [0.2, 0.25) is 15.9 Å². The molecule has 1 saturated heterocycles. The summed E-state index contributed by atoms with van der Waals surface area (Å²) in [7, 11) is -3.65. The molecule has 0 spiro atoms. The van der Waals surface area contributed by atoms with Crippen molar-refractivity contribution < 1.29 is 13.2 Å². The molecule has 0 atom stereocenters. The molecule has 0 unspecified atom stereocenters. The average Bonchev–Trinajstić information content (AvgIpc) is 2.41. The standard InChI is InChI=1S/C20H31N3O3S/c1-18(2)12-17(24)21-16-8-7-14(9-15(16)18)27(25,26)22-13-10-19(3,4)23-20(5,6)11-13/h7-9,13,22-23H,10-12H2,1-6H3,(H,21,24). The van der Waals surface area contributed by atoms with Crippen molar-refractivity contribution in [3.63, 3.8) is 0 Å². The van der Waals surface area contributed by atoms with Gasteiger partial charge in [-0.1, -0.05) is 13.8 Å². The van der Waals surface area contributed by atoms with Crippen molar-refractivity contribution in [2.24, 2.45) is 0 Å². The van der Waals surface area contributed by atoms with E-state index in [1.165, 1.54) is 0 Å². The molecule has 1 aromatic carbocycles. The molecule has 1 amide bonds. The monoisotopic (exact) mass is 393 g/mol. The molecule has 2 aliphatic rings. The van der Waals surface area contributed by atoms with Gasteiger partial charge in [-0.25, -0.2) is 13.1 Å². The quantitative estimate of drug-likeness (QED) is 0.737. The van der Waals surface area contributed by atoms with E-state index in [2.05, 4.69) is 43.1 Å².